The van der Waals surface area contributed by atoms with Crippen LogP contribution in [0, 0.1) is 0 Å². The second-order valence-electron chi connectivity index (χ2n) is 4.63. The highest BCUT2D eigenvalue weighted by Gasteiger charge is 2.13. The van der Waals surface area contributed by atoms with Gasteiger partial charge in [-0.05, 0) is 24.6 Å². The molecule has 22 heavy (non-hydrogen) atoms. The van der Waals surface area contributed by atoms with Gasteiger partial charge in [-0.15, -0.1) is 0 Å². The number of amides is 1. The van der Waals surface area contributed by atoms with Crippen LogP contribution in [0.1, 0.15) is 28.5 Å². The number of sulfonamides is 1. The summed E-state index contributed by atoms with van der Waals surface area (Å²) in [6.45, 7) is 2.55. The second-order valence-corrected chi connectivity index (χ2v) is 6.43. The quantitative estimate of drug-likeness (QED) is 0.793. The van der Waals surface area contributed by atoms with Crippen LogP contribution in [0.4, 0.5) is 0 Å². The lowest BCUT2D eigenvalue weighted by atomic mass is 10.1. The van der Waals surface area contributed by atoms with E-state index in [1.54, 1.807) is 24.3 Å². The van der Waals surface area contributed by atoms with Crippen molar-refractivity contribution < 1.29 is 17.7 Å². The second kappa shape index (κ2) is 7.19. The summed E-state index contributed by atoms with van der Waals surface area (Å²) in [6.07, 6.45) is 1.32. The molecule has 118 valence electrons. The lowest BCUT2D eigenvalue weighted by Crippen LogP contribution is -2.25. The zero-order valence-corrected chi connectivity index (χ0v) is 12.9. The van der Waals surface area contributed by atoms with Gasteiger partial charge in [-0.2, -0.15) is 0 Å². The van der Waals surface area contributed by atoms with E-state index in [-0.39, 0.29) is 18.2 Å². The monoisotopic (exact) mass is 323 g/mol. The highest BCUT2D eigenvalue weighted by molar-refractivity contribution is 7.88. The first-order chi connectivity index (χ1) is 10.5. The number of benzene rings is 1. The van der Waals surface area contributed by atoms with E-state index in [0.717, 1.165) is 5.56 Å². The molecule has 0 radical (unpaired) electrons. The predicted octanol–water partition coefficient (Wildman–Crippen LogP) is 1.04. The van der Waals surface area contributed by atoms with Crippen molar-refractivity contribution in [2.24, 2.45) is 0 Å². The lowest BCUT2D eigenvalue weighted by Gasteiger charge is -2.06. The van der Waals surface area contributed by atoms with Crippen molar-refractivity contribution in [3.8, 4) is 0 Å². The number of hydrogen-bond donors (Lipinski definition) is 2. The molecule has 2 rings (SSSR count). The molecule has 1 aromatic heterocycles. The smallest absolute Gasteiger partial charge is 0.251 e. The van der Waals surface area contributed by atoms with E-state index in [0.29, 0.717) is 17.8 Å². The maximum atomic E-state index is 11.9. The van der Waals surface area contributed by atoms with Gasteiger partial charge in [0.15, 0.2) is 0 Å². The molecule has 0 spiro atoms. The third-order valence-electron chi connectivity index (χ3n) is 2.88. The van der Waals surface area contributed by atoms with Crippen LogP contribution in [-0.4, -0.2) is 26.0 Å². The Hall–Kier alpha value is -2.19. The molecule has 0 saturated heterocycles. The molecule has 0 unspecified atom stereocenters. The Kier molecular flexibility index (Phi) is 5.29. The van der Waals surface area contributed by atoms with Gasteiger partial charge in [0.25, 0.3) is 5.91 Å². The number of rotatable bonds is 7. The summed E-state index contributed by atoms with van der Waals surface area (Å²) >= 11 is 0. The fourth-order valence-corrected chi connectivity index (χ4v) is 2.81. The molecule has 1 amide bonds. The maximum Gasteiger partial charge on any atom is 0.251 e. The Labute approximate surface area is 128 Å². The molecular weight excluding hydrogens is 306 g/mol. The predicted molar refractivity (Wildman–Crippen MR) is 80.4 cm³/mol. The molecule has 1 aromatic carbocycles. The summed E-state index contributed by atoms with van der Waals surface area (Å²) < 4.78 is 30.8. The topological polar surface area (TPSA) is 101 Å². The maximum absolute atomic E-state index is 11.9. The minimum Gasteiger partial charge on any atom is -0.364 e. The van der Waals surface area contributed by atoms with Crippen LogP contribution < -0.4 is 10.0 Å². The van der Waals surface area contributed by atoms with Crippen LogP contribution in [0.15, 0.2) is 41.1 Å². The first-order valence-electron chi connectivity index (χ1n) is 6.74. The van der Waals surface area contributed by atoms with Crippen LogP contribution in [0.2, 0.25) is 0 Å². The summed E-state index contributed by atoms with van der Waals surface area (Å²) in [5.41, 5.74) is 1.65. The molecule has 0 saturated carbocycles. The van der Waals surface area contributed by atoms with Crippen LogP contribution in [0.25, 0.3) is 0 Å². The van der Waals surface area contributed by atoms with E-state index in [2.05, 4.69) is 19.7 Å². The lowest BCUT2D eigenvalue weighted by molar-refractivity contribution is 0.0956. The molecular formula is C14H17N3O4S. The van der Waals surface area contributed by atoms with E-state index in [1.807, 2.05) is 6.92 Å². The van der Waals surface area contributed by atoms with Crippen molar-refractivity contribution >= 4 is 15.9 Å². The van der Waals surface area contributed by atoms with Gasteiger partial charge in [-0.25, -0.2) is 13.1 Å². The molecule has 0 aliphatic carbocycles. The summed E-state index contributed by atoms with van der Waals surface area (Å²) in [7, 11) is -3.49. The highest BCUT2D eigenvalue weighted by Crippen LogP contribution is 2.06. The van der Waals surface area contributed by atoms with Gasteiger partial charge in [-0.3, -0.25) is 4.79 Å². The van der Waals surface area contributed by atoms with Gasteiger partial charge in [0, 0.05) is 24.7 Å². The number of nitrogens with one attached hydrogen (secondary N) is 2. The van der Waals surface area contributed by atoms with Crippen molar-refractivity contribution in [2.45, 2.75) is 19.2 Å². The van der Waals surface area contributed by atoms with Gasteiger partial charge in [0.05, 0.1) is 5.69 Å². The molecule has 0 atom stereocenters. The van der Waals surface area contributed by atoms with E-state index >= 15 is 0 Å². The van der Waals surface area contributed by atoms with Crippen LogP contribution in [0.3, 0.4) is 0 Å². The number of aromatic nitrogens is 1. The Bertz CT molecular complexity index is 709. The standard InChI is InChI=1S/C14H17N3O4S/c1-2-15-14(18)12-5-3-11(4-6-12)9-16-22(19,20)10-13-7-8-21-17-13/h3-8,16H,2,9-10H2,1H3,(H,15,18). The summed E-state index contributed by atoms with van der Waals surface area (Å²) in [5.74, 6) is -0.388. The fourth-order valence-electron chi connectivity index (χ4n) is 1.79. The van der Waals surface area contributed by atoms with E-state index in [1.165, 1.54) is 12.3 Å². The van der Waals surface area contributed by atoms with Crippen molar-refractivity contribution in [3.05, 3.63) is 53.4 Å². The number of hydrogen-bond acceptors (Lipinski definition) is 5. The van der Waals surface area contributed by atoms with Crippen molar-refractivity contribution in [3.63, 3.8) is 0 Å². The normalized spacial score (nSPS) is 11.3. The van der Waals surface area contributed by atoms with Crippen LogP contribution >= 0.6 is 0 Å². The van der Waals surface area contributed by atoms with Crippen LogP contribution in [0.5, 0.6) is 0 Å². The van der Waals surface area contributed by atoms with Gasteiger partial charge in [0.2, 0.25) is 10.0 Å². The van der Waals surface area contributed by atoms with E-state index in [4.69, 9.17) is 0 Å². The molecule has 0 aliphatic heterocycles. The third-order valence-corrected chi connectivity index (χ3v) is 4.14. The number of carbonyl (C=O) groups excluding carboxylic acids is 1. The zero-order chi connectivity index (χ0) is 16.0. The van der Waals surface area contributed by atoms with Crippen molar-refractivity contribution in [1.29, 1.82) is 0 Å². The summed E-state index contributed by atoms with van der Waals surface area (Å²) in [6, 6.07) is 8.24. The molecule has 0 bridgehead atoms. The van der Waals surface area contributed by atoms with Gasteiger partial charge in [0.1, 0.15) is 12.0 Å². The Morgan fingerprint density at radius 3 is 2.55 bits per heavy atom. The molecule has 0 fully saturated rings. The molecule has 1 heterocycles. The third kappa shape index (κ3) is 4.68. The van der Waals surface area contributed by atoms with Crippen molar-refractivity contribution in [1.82, 2.24) is 15.2 Å². The number of nitrogens with zero attached hydrogens (tertiary/aromatic N) is 1. The van der Waals surface area contributed by atoms with Crippen LogP contribution in [-0.2, 0) is 22.3 Å². The Morgan fingerprint density at radius 1 is 1.23 bits per heavy atom. The van der Waals surface area contributed by atoms with E-state index < -0.39 is 10.0 Å². The average molecular weight is 323 g/mol. The molecule has 8 heteroatoms. The average Bonchev–Trinajstić information content (AvgIpc) is 2.98. The first-order valence-corrected chi connectivity index (χ1v) is 8.39. The highest BCUT2D eigenvalue weighted by atomic mass is 32.2. The Balaban J connectivity index is 1.92. The zero-order valence-electron chi connectivity index (χ0n) is 12.1. The SMILES string of the molecule is CCNC(=O)c1ccc(CNS(=O)(=O)Cc2ccon2)cc1. The van der Waals surface area contributed by atoms with Gasteiger partial charge < -0.3 is 9.84 Å². The molecule has 2 N–H and O–H groups in total. The fraction of sp³-hybridized carbons (Fsp3) is 0.286. The summed E-state index contributed by atoms with van der Waals surface area (Å²) in [5, 5.41) is 6.26. The van der Waals surface area contributed by atoms with Gasteiger partial charge >= 0.3 is 0 Å². The molecule has 7 nitrogen and oxygen atoms in total. The minimum absolute atomic E-state index is 0.149. The minimum atomic E-state index is -3.49. The Morgan fingerprint density at radius 2 is 1.95 bits per heavy atom. The first kappa shape index (κ1) is 16.2. The molecule has 2 aromatic rings. The van der Waals surface area contributed by atoms with Crippen molar-refractivity contribution in [2.75, 3.05) is 6.54 Å². The summed E-state index contributed by atoms with van der Waals surface area (Å²) in [4.78, 5) is 11.6. The van der Waals surface area contributed by atoms with E-state index in [9.17, 15) is 13.2 Å². The van der Waals surface area contributed by atoms with Gasteiger partial charge in [-0.1, -0.05) is 17.3 Å². The largest absolute Gasteiger partial charge is 0.364 e. The number of carbonyl (C=O) groups is 1. The molecule has 0 aliphatic rings.